The molecule has 5 nitrogen and oxygen atoms in total. The molecule has 26 heavy (non-hydrogen) atoms. The number of likely N-dealkylation sites (tertiary alicyclic amines) is 1. The van der Waals surface area contributed by atoms with Crippen LogP contribution in [0.15, 0.2) is 30.3 Å². The van der Waals surface area contributed by atoms with E-state index in [0.717, 1.165) is 5.56 Å². The summed E-state index contributed by atoms with van der Waals surface area (Å²) in [6.45, 7) is 5.62. The van der Waals surface area contributed by atoms with E-state index in [4.69, 9.17) is 9.47 Å². The second-order valence-electron chi connectivity index (χ2n) is 8.20. The highest BCUT2D eigenvalue weighted by Crippen LogP contribution is 2.44. The maximum atomic E-state index is 15.1. The molecule has 3 rings (SSSR count). The van der Waals surface area contributed by atoms with Gasteiger partial charge in [-0.1, -0.05) is 30.3 Å². The molecular weight excluding hydrogens is 342 g/mol. The van der Waals surface area contributed by atoms with Gasteiger partial charge in [0.05, 0.1) is 19.1 Å². The van der Waals surface area contributed by atoms with Crippen molar-refractivity contribution in [3.8, 4) is 0 Å². The van der Waals surface area contributed by atoms with Gasteiger partial charge in [-0.25, -0.2) is 13.6 Å². The van der Waals surface area contributed by atoms with Gasteiger partial charge in [-0.15, -0.1) is 0 Å². The van der Waals surface area contributed by atoms with E-state index in [0.29, 0.717) is 6.54 Å². The van der Waals surface area contributed by atoms with Crippen LogP contribution in [0.4, 0.5) is 13.6 Å². The third-order valence-corrected chi connectivity index (χ3v) is 4.78. The van der Waals surface area contributed by atoms with Crippen LogP contribution < -0.4 is 5.32 Å². The molecule has 2 atom stereocenters. The predicted octanol–water partition coefficient (Wildman–Crippen LogP) is 3.05. The zero-order chi connectivity index (χ0) is 19.0. The highest BCUT2D eigenvalue weighted by molar-refractivity contribution is 5.69. The fourth-order valence-electron chi connectivity index (χ4n) is 3.66. The zero-order valence-corrected chi connectivity index (χ0v) is 15.4. The molecule has 0 radical (unpaired) electrons. The Morgan fingerprint density at radius 1 is 1.35 bits per heavy atom. The number of amides is 1. The summed E-state index contributed by atoms with van der Waals surface area (Å²) in [5.41, 5.74) is -1.50. The summed E-state index contributed by atoms with van der Waals surface area (Å²) in [4.78, 5) is 14.2. The van der Waals surface area contributed by atoms with Gasteiger partial charge in [-0.3, -0.25) is 4.90 Å². The van der Waals surface area contributed by atoms with Gasteiger partial charge < -0.3 is 14.8 Å². The fraction of sp³-hybridized carbons (Fsp3) is 0.632. The van der Waals surface area contributed by atoms with E-state index in [2.05, 4.69) is 5.32 Å². The Kier molecular flexibility index (Phi) is 4.96. The summed E-state index contributed by atoms with van der Waals surface area (Å²) in [6, 6.07) is 9.70. The van der Waals surface area contributed by atoms with Crippen molar-refractivity contribution < 1.29 is 23.0 Å². The van der Waals surface area contributed by atoms with Crippen LogP contribution >= 0.6 is 0 Å². The lowest BCUT2D eigenvalue weighted by Gasteiger charge is -2.54. The SMILES string of the molecule is CC(C)(C)OC(=O)NC12COCC(CN(Cc3ccccc3)C1)C2(F)F. The molecular formula is C19H26F2N2O3. The Labute approximate surface area is 152 Å². The number of nitrogens with zero attached hydrogens (tertiary/aromatic N) is 1. The normalized spacial score (nSPS) is 28.4. The van der Waals surface area contributed by atoms with Gasteiger partial charge in [0.1, 0.15) is 11.1 Å². The second kappa shape index (κ2) is 6.78. The van der Waals surface area contributed by atoms with Crippen LogP contribution in [0.2, 0.25) is 0 Å². The molecule has 2 heterocycles. The first kappa shape index (κ1) is 19.0. The molecule has 2 bridgehead atoms. The van der Waals surface area contributed by atoms with Crippen LogP contribution in [0.1, 0.15) is 26.3 Å². The number of fused-ring (bicyclic) bond motifs is 2. The van der Waals surface area contributed by atoms with E-state index in [1.165, 1.54) is 0 Å². The molecule has 0 spiro atoms. The first-order valence-electron chi connectivity index (χ1n) is 8.84. The topological polar surface area (TPSA) is 50.8 Å². The second-order valence-corrected chi connectivity index (χ2v) is 8.20. The van der Waals surface area contributed by atoms with Crippen molar-refractivity contribution in [3.63, 3.8) is 0 Å². The molecule has 1 aromatic carbocycles. The number of alkyl halides is 2. The third kappa shape index (κ3) is 3.83. The minimum atomic E-state index is -3.06. The van der Waals surface area contributed by atoms with Crippen LogP contribution in [0.3, 0.4) is 0 Å². The maximum absolute atomic E-state index is 15.1. The third-order valence-electron chi connectivity index (χ3n) is 4.78. The number of hydrogen-bond acceptors (Lipinski definition) is 4. The largest absolute Gasteiger partial charge is 0.444 e. The van der Waals surface area contributed by atoms with Gasteiger partial charge >= 0.3 is 6.09 Å². The minimum absolute atomic E-state index is 0.00460. The first-order valence-corrected chi connectivity index (χ1v) is 8.84. The molecule has 2 aliphatic heterocycles. The van der Waals surface area contributed by atoms with Gasteiger partial charge in [0.25, 0.3) is 5.92 Å². The lowest BCUT2D eigenvalue weighted by molar-refractivity contribution is -0.238. The zero-order valence-electron chi connectivity index (χ0n) is 15.4. The molecule has 1 amide bonds. The van der Waals surface area contributed by atoms with Crippen molar-refractivity contribution in [1.82, 2.24) is 10.2 Å². The molecule has 7 heteroatoms. The summed E-state index contributed by atoms with van der Waals surface area (Å²) in [7, 11) is 0. The lowest BCUT2D eigenvalue weighted by atomic mass is 9.77. The van der Waals surface area contributed by atoms with E-state index >= 15 is 8.78 Å². The van der Waals surface area contributed by atoms with Crippen LogP contribution in [0.25, 0.3) is 0 Å². The van der Waals surface area contributed by atoms with E-state index in [1.54, 1.807) is 20.8 Å². The molecule has 2 unspecified atom stereocenters. The lowest BCUT2D eigenvalue weighted by Crippen LogP contribution is -2.77. The van der Waals surface area contributed by atoms with Crippen molar-refractivity contribution >= 4 is 6.09 Å². The highest BCUT2D eigenvalue weighted by atomic mass is 19.3. The predicted molar refractivity (Wildman–Crippen MR) is 93.1 cm³/mol. The Morgan fingerprint density at radius 2 is 2.04 bits per heavy atom. The van der Waals surface area contributed by atoms with Gasteiger partial charge in [0.15, 0.2) is 0 Å². The maximum Gasteiger partial charge on any atom is 0.408 e. The summed E-state index contributed by atoms with van der Waals surface area (Å²) in [6.07, 6.45) is -0.844. The van der Waals surface area contributed by atoms with Crippen molar-refractivity contribution in [2.24, 2.45) is 5.92 Å². The summed E-state index contributed by atoms with van der Waals surface area (Å²) in [5, 5.41) is 2.45. The average Bonchev–Trinajstić information content (AvgIpc) is 2.48. The van der Waals surface area contributed by atoms with E-state index < -0.39 is 29.1 Å². The number of piperidine rings is 1. The van der Waals surface area contributed by atoms with Gasteiger partial charge in [-0.05, 0) is 26.3 Å². The van der Waals surface area contributed by atoms with Crippen molar-refractivity contribution in [1.29, 1.82) is 0 Å². The Balaban J connectivity index is 1.80. The van der Waals surface area contributed by atoms with E-state index in [-0.39, 0.29) is 26.3 Å². The number of benzene rings is 1. The molecule has 144 valence electrons. The van der Waals surface area contributed by atoms with Crippen molar-refractivity contribution in [3.05, 3.63) is 35.9 Å². The van der Waals surface area contributed by atoms with E-state index in [1.807, 2.05) is 35.2 Å². The molecule has 0 saturated carbocycles. The highest BCUT2D eigenvalue weighted by Gasteiger charge is 2.65. The molecule has 2 aliphatic rings. The number of ether oxygens (including phenoxy) is 2. The van der Waals surface area contributed by atoms with Crippen LogP contribution in [0, 0.1) is 5.92 Å². The molecule has 1 N–H and O–H groups in total. The monoisotopic (exact) mass is 368 g/mol. The number of rotatable bonds is 3. The standard InChI is InChI=1S/C19H26F2N2O3/c1-17(2,3)26-16(24)22-18-12-23(9-14-7-5-4-6-8-14)10-15(11-25-13-18)19(18,20)21/h4-8,15H,9-13H2,1-3H3,(H,22,24). The number of hydrogen-bond donors (Lipinski definition) is 1. The smallest absolute Gasteiger partial charge is 0.408 e. The van der Waals surface area contributed by atoms with Crippen LogP contribution in [-0.2, 0) is 16.0 Å². The number of nitrogens with one attached hydrogen (secondary N) is 1. The van der Waals surface area contributed by atoms with Crippen LogP contribution in [-0.4, -0.2) is 54.4 Å². The molecule has 0 aromatic heterocycles. The number of halogens is 2. The Morgan fingerprint density at radius 3 is 2.69 bits per heavy atom. The number of carbonyl (C=O) groups is 1. The average molecular weight is 368 g/mol. The molecule has 2 fully saturated rings. The van der Waals surface area contributed by atoms with Crippen LogP contribution in [0.5, 0.6) is 0 Å². The van der Waals surface area contributed by atoms with Gasteiger partial charge in [0, 0.05) is 19.6 Å². The van der Waals surface area contributed by atoms with Crippen molar-refractivity contribution in [2.45, 2.75) is 44.4 Å². The van der Waals surface area contributed by atoms with Gasteiger partial charge in [0.2, 0.25) is 0 Å². The van der Waals surface area contributed by atoms with Gasteiger partial charge in [-0.2, -0.15) is 0 Å². The fourth-order valence-corrected chi connectivity index (χ4v) is 3.66. The summed E-state index contributed by atoms with van der Waals surface area (Å²) >= 11 is 0. The summed E-state index contributed by atoms with van der Waals surface area (Å²) < 4.78 is 40.8. The first-order chi connectivity index (χ1) is 12.1. The number of carbonyl (C=O) groups excluding carboxylic acids is 1. The quantitative estimate of drug-likeness (QED) is 0.891. The minimum Gasteiger partial charge on any atom is -0.444 e. The number of alkyl carbamates (subject to hydrolysis) is 1. The molecule has 0 aliphatic carbocycles. The Bertz CT molecular complexity index is 648. The van der Waals surface area contributed by atoms with E-state index in [9.17, 15) is 4.79 Å². The molecule has 1 aromatic rings. The summed E-state index contributed by atoms with van der Waals surface area (Å²) in [5.74, 6) is -4.03. The molecule has 2 saturated heterocycles. The Hall–Kier alpha value is -1.73. The van der Waals surface area contributed by atoms with Crippen molar-refractivity contribution in [2.75, 3.05) is 26.3 Å².